The standard InChI is InChI=1S/C18H20FNO3/c1-13-5-4-6-14(11-13)23-10-9-18(22)20-12-17(21)15-7-2-3-8-16(15)19/h2-8,11,17,21H,9-10,12H2,1H3,(H,20,22). The summed E-state index contributed by atoms with van der Waals surface area (Å²) in [6.45, 7) is 2.17. The minimum absolute atomic E-state index is 0.0375. The number of carbonyl (C=O) groups is 1. The molecule has 0 aliphatic rings. The highest BCUT2D eigenvalue weighted by Crippen LogP contribution is 2.15. The van der Waals surface area contributed by atoms with Crippen LogP contribution in [0.3, 0.4) is 0 Å². The minimum atomic E-state index is -1.07. The Morgan fingerprint density at radius 3 is 2.78 bits per heavy atom. The Morgan fingerprint density at radius 1 is 1.26 bits per heavy atom. The van der Waals surface area contributed by atoms with Crippen molar-refractivity contribution in [1.82, 2.24) is 5.32 Å². The molecule has 1 unspecified atom stereocenters. The second kappa shape index (κ2) is 8.29. The zero-order valence-electron chi connectivity index (χ0n) is 13.0. The third kappa shape index (κ3) is 5.38. The summed E-state index contributed by atoms with van der Waals surface area (Å²) in [5.74, 6) is -0.0331. The van der Waals surface area contributed by atoms with Crippen molar-refractivity contribution in [3.8, 4) is 5.75 Å². The lowest BCUT2D eigenvalue weighted by molar-refractivity contribution is -0.122. The molecule has 2 aromatic rings. The second-order valence-electron chi connectivity index (χ2n) is 5.26. The zero-order chi connectivity index (χ0) is 16.7. The quantitative estimate of drug-likeness (QED) is 0.825. The number of benzene rings is 2. The fraction of sp³-hybridized carbons (Fsp3) is 0.278. The van der Waals surface area contributed by atoms with E-state index >= 15 is 0 Å². The van der Waals surface area contributed by atoms with Gasteiger partial charge in [-0.05, 0) is 30.7 Å². The molecular weight excluding hydrogens is 297 g/mol. The Labute approximate surface area is 134 Å². The lowest BCUT2D eigenvalue weighted by atomic mass is 10.1. The number of halogens is 1. The normalized spacial score (nSPS) is 11.8. The number of nitrogens with one attached hydrogen (secondary N) is 1. The highest BCUT2D eigenvalue weighted by molar-refractivity contribution is 5.76. The van der Waals surface area contributed by atoms with Crippen LogP contribution in [0.1, 0.15) is 23.7 Å². The van der Waals surface area contributed by atoms with Crippen LogP contribution in [0.25, 0.3) is 0 Å². The first kappa shape index (κ1) is 17.0. The molecule has 2 aromatic carbocycles. The lowest BCUT2D eigenvalue weighted by Crippen LogP contribution is -2.29. The number of amides is 1. The third-order valence-electron chi connectivity index (χ3n) is 3.34. The Morgan fingerprint density at radius 2 is 2.04 bits per heavy atom. The summed E-state index contributed by atoms with van der Waals surface area (Å²) in [6.07, 6.45) is -0.907. The number of hydrogen-bond donors (Lipinski definition) is 2. The minimum Gasteiger partial charge on any atom is -0.493 e. The van der Waals surface area contributed by atoms with Gasteiger partial charge in [0.15, 0.2) is 0 Å². The molecule has 0 aromatic heterocycles. The first-order chi connectivity index (χ1) is 11.1. The van der Waals surface area contributed by atoms with E-state index in [4.69, 9.17) is 4.74 Å². The summed E-state index contributed by atoms with van der Waals surface area (Å²) >= 11 is 0. The first-order valence-electron chi connectivity index (χ1n) is 7.45. The highest BCUT2D eigenvalue weighted by Gasteiger charge is 2.13. The van der Waals surface area contributed by atoms with E-state index in [0.717, 1.165) is 5.56 Å². The molecular formula is C18H20FNO3. The number of aryl methyl sites for hydroxylation is 1. The first-order valence-corrected chi connectivity index (χ1v) is 7.45. The number of ether oxygens (including phenoxy) is 1. The van der Waals surface area contributed by atoms with Crippen molar-refractivity contribution in [1.29, 1.82) is 0 Å². The van der Waals surface area contributed by atoms with Gasteiger partial charge in [-0.2, -0.15) is 0 Å². The smallest absolute Gasteiger partial charge is 0.223 e. The Bertz CT molecular complexity index is 660. The number of carbonyl (C=O) groups excluding carboxylic acids is 1. The van der Waals surface area contributed by atoms with Gasteiger partial charge in [-0.1, -0.05) is 30.3 Å². The Balaban J connectivity index is 1.72. The maximum Gasteiger partial charge on any atom is 0.223 e. The van der Waals surface area contributed by atoms with E-state index in [1.165, 1.54) is 12.1 Å². The van der Waals surface area contributed by atoms with E-state index in [2.05, 4.69) is 5.32 Å². The summed E-state index contributed by atoms with van der Waals surface area (Å²) < 4.78 is 19.0. The van der Waals surface area contributed by atoms with Crippen molar-refractivity contribution in [2.24, 2.45) is 0 Å². The highest BCUT2D eigenvalue weighted by atomic mass is 19.1. The van der Waals surface area contributed by atoms with Crippen LogP contribution in [0.15, 0.2) is 48.5 Å². The zero-order valence-corrected chi connectivity index (χ0v) is 13.0. The molecule has 23 heavy (non-hydrogen) atoms. The third-order valence-corrected chi connectivity index (χ3v) is 3.34. The van der Waals surface area contributed by atoms with Crippen LogP contribution >= 0.6 is 0 Å². The van der Waals surface area contributed by atoms with E-state index < -0.39 is 11.9 Å². The van der Waals surface area contributed by atoms with Crippen LogP contribution in [-0.2, 0) is 4.79 Å². The lowest BCUT2D eigenvalue weighted by Gasteiger charge is -2.13. The van der Waals surface area contributed by atoms with Crippen molar-refractivity contribution < 1.29 is 19.0 Å². The molecule has 5 heteroatoms. The summed E-state index contributed by atoms with van der Waals surface area (Å²) in [5, 5.41) is 12.5. The summed E-state index contributed by atoms with van der Waals surface area (Å²) in [7, 11) is 0. The van der Waals surface area contributed by atoms with Gasteiger partial charge in [-0.3, -0.25) is 4.79 Å². The monoisotopic (exact) mass is 317 g/mol. The van der Waals surface area contributed by atoms with Crippen LogP contribution < -0.4 is 10.1 Å². The molecule has 4 nitrogen and oxygen atoms in total. The van der Waals surface area contributed by atoms with Crippen molar-refractivity contribution in [3.63, 3.8) is 0 Å². The Kier molecular flexibility index (Phi) is 6.11. The van der Waals surface area contributed by atoms with Crippen LogP contribution in [0.4, 0.5) is 4.39 Å². The van der Waals surface area contributed by atoms with Gasteiger partial charge >= 0.3 is 0 Å². The average molecular weight is 317 g/mol. The van der Waals surface area contributed by atoms with Crippen LogP contribution in [0, 0.1) is 12.7 Å². The maximum atomic E-state index is 13.5. The van der Waals surface area contributed by atoms with Crippen molar-refractivity contribution in [2.45, 2.75) is 19.4 Å². The molecule has 0 heterocycles. The summed E-state index contributed by atoms with van der Waals surface area (Å²) in [5.41, 5.74) is 1.25. The van der Waals surface area contributed by atoms with Gasteiger partial charge < -0.3 is 15.2 Å². The molecule has 2 N–H and O–H groups in total. The van der Waals surface area contributed by atoms with Crippen molar-refractivity contribution in [2.75, 3.05) is 13.2 Å². The Hall–Kier alpha value is -2.40. The van der Waals surface area contributed by atoms with E-state index in [1.807, 2.05) is 31.2 Å². The van der Waals surface area contributed by atoms with Gasteiger partial charge in [0.05, 0.1) is 19.1 Å². The maximum absolute atomic E-state index is 13.5. The summed E-state index contributed by atoms with van der Waals surface area (Å²) in [4.78, 5) is 11.7. The predicted molar refractivity (Wildman–Crippen MR) is 85.7 cm³/mol. The predicted octanol–water partition coefficient (Wildman–Crippen LogP) is 2.75. The molecule has 0 bridgehead atoms. The molecule has 0 radical (unpaired) electrons. The molecule has 0 aliphatic heterocycles. The van der Waals surface area contributed by atoms with Gasteiger partial charge in [-0.25, -0.2) is 4.39 Å². The van der Waals surface area contributed by atoms with E-state index in [0.29, 0.717) is 5.75 Å². The molecule has 1 atom stereocenters. The van der Waals surface area contributed by atoms with Gasteiger partial charge in [-0.15, -0.1) is 0 Å². The molecule has 2 rings (SSSR count). The molecule has 0 aliphatic carbocycles. The summed E-state index contributed by atoms with van der Waals surface area (Å²) in [6, 6.07) is 13.5. The fourth-order valence-electron chi connectivity index (χ4n) is 2.12. The van der Waals surface area contributed by atoms with Gasteiger partial charge in [0.25, 0.3) is 0 Å². The van der Waals surface area contributed by atoms with E-state index in [1.54, 1.807) is 12.1 Å². The van der Waals surface area contributed by atoms with Crippen LogP contribution in [0.2, 0.25) is 0 Å². The van der Waals surface area contributed by atoms with Crippen molar-refractivity contribution >= 4 is 5.91 Å². The largest absolute Gasteiger partial charge is 0.493 e. The van der Waals surface area contributed by atoms with Gasteiger partial charge in [0.2, 0.25) is 5.91 Å². The SMILES string of the molecule is Cc1cccc(OCCC(=O)NCC(O)c2ccccc2F)c1. The molecule has 1 amide bonds. The van der Waals surface area contributed by atoms with Crippen molar-refractivity contribution in [3.05, 3.63) is 65.5 Å². The van der Waals surface area contributed by atoms with Gasteiger partial charge in [0, 0.05) is 12.1 Å². The molecule has 122 valence electrons. The number of rotatable bonds is 7. The topological polar surface area (TPSA) is 58.6 Å². The second-order valence-corrected chi connectivity index (χ2v) is 5.26. The van der Waals surface area contributed by atoms with Crippen LogP contribution in [-0.4, -0.2) is 24.2 Å². The average Bonchev–Trinajstić information content (AvgIpc) is 2.53. The number of aliphatic hydroxyl groups excluding tert-OH is 1. The van der Waals surface area contributed by atoms with Crippen LogP contribution in [0.5, 0.6) is 5.75 Å². The molecule has 0 saturated heterocycles. The molecule has 0 fully saturated rings. The number of hydrogen-bond acceptors (Lipinski definition) is 3. The van der Waals surface area contributed by atoms with Gasteiger partial charge in [0.1, 0.15) is 11.6 Å². The fourth-order valence-corrected chi connectivity index (χ4v) is 2.12. The molecule has 0 saturated carbocycles. The number of aliphatic hydroxyl groups is 1. The van der Waals surface area contributed by atoms with E-state index in [9.17, 15) is 14.3 Å². The van der Waals surface area contributed by atoms with E-state index in [-0.39, 0.29) is 31.0 Å². The molecule has 0 spiro atoms.